The first-order valence-electron chi connectivity index (χ1n) is 7.02. The lowest BCUT2D eigenvalue weighted by atomic mass is 10.3. The van der Waals surface area contributed by atoms with E-state index in [9.17, 15) is 4.79 Å². The summed E-state index contributed by atoms with van der Waals surface area (Å²) in [7, 11) is 0. The maximum atomic E-state index is 12.0. The fourth-order valence-corrected chi connectivity index (χ4v) is 4.09. The van der Waals surface area contributed by atoms with Gasteiger partial charge in [-0.3, -0.25) is 4.79 Å². The molecule has 23 heavy (non-hydrogen) atoms. The number of carbonyl (C=O) groups is 1. The van der Waals surface area contributed by atoms with Gasteiger partial charge >= 0.3 is 0 Å². The fourth-order valence-electron chi connectivity index (χ4n) is 2.09. The molecule has 3 rings (SSSR count). The fraction of sp³-hybridized carbons (Fsp3) is 0.188. The van der Waals surface area contributed by atoms with Crippen molar-refractivity contribution in [1.82, 2.24) is 9.97 Å². The molecule has 0 spiro atoms. The predicted molar refractivity (Wildman–Crippen MR) is 97.6 cm³/mol. The largest absolute Gasteiger partial charge is 0.325 e. The molecule has 3 aromatic rings. The molecule has 2 heterocycles. The van der Waals surface area contributed by atoms with Gasteiger partial charge < -0.3 is 5.32 Å². The second kappa shape index (κ2) is 7.29. The highest BCUT2D eigenvalue weighted by Crippen LogP contribution is 2.30. The number of hydrogen-bond acceptors (Lipinski definition) is 5. The van der Waals surface area contributed by atoms with Crippen LogP contribution >= 0.6 is 34.7 Å². The predicted octanol–water partition coefficient (Wildman–Crippen LogP) is 4.77. The van der Waals surface area contributed by atoms with E-state index in [0.717, 1.165) is 15.2 Å². The summed E-state index contributed by atoms with van der Waals surface area (Å²) >= 11 is 9.25. The normalized spacial score (nSPS) is 10.9. The number of hydrogen-bond donors (Lipinski definition) is 1. The highest BCUT2D eigenvalue weighted by atomic mass is 35.5. The van der Waals surface area contributed by atoms with Crippen LogP contribution in [0, 0.1) is 6.92 Å². The number of thiophene rings is 1. The molecule has 0 atom stereocenters. The Hall–Kier alpha value is -1.63. The van der Waals surface area contributed by atoms with Crippen LogP contribution in [0.1, 0.15) is 11.3 Å². The lowest BCUT2D eigenvalue weighted by Gasteiger charge is -2.06. The van der Waals surface area contributed by atoms with Gasteiger partial charge in [-0.1, -0.05) is 23.7 Å². The number of para-hydroxylation sites is 1. The standard InChI is InChI=1S/C16H14ClN3OS2/c1-10-8-11-15(18-9-19-16(11)23-10)22-7-6-14(21)20-13-5-3-2-4-12(13)17/h2-5,8-9H,6-7H2,1H3,(H,20,21). The zero-order chi connectivity index (χ0) is 16.2. The summed E-state index contributed by atoms with van der Waals surface area (Å²) in [5.74, 6) is 0.592. The van der Waals surface area contributed by atoms with Crippen LogP contribution in [0.25, 0.3) is 10.2 Å². The number of aromatic nitrogens is 2. The number of aryl methyl sites for hydroxylation is 1. The molecule has 2 aromatic heterocycles. The van der Waals surface area contributed by atoms with Gasteiger partial charge in [-0.25, -0.2) is 9.97 Å². The minimum absolute atomic E-state index is 0.0580. The van der Waals surface area contributed by atoms with Crippen LogP contribution in [-0.2, 0) is 4.79 Å². The molecule has 1 N–H and O–H groups in total. The van der Waals surface area contributed by atoms with E-state index >= 15 is 0 Å². The topological polar surface area (TPSA) is 54.9 Å². The van der Waals surface area contributed by atoms with Crippen molar-refractivity contribution in [1.29, 1.82) is 0 Å². The number of carbonyl (C=O) groups excluding carboxylic acids is 1. The molecule has 1 aromatic carbocycles. The zero-order valence-electron chi connectivity index (χ0n) is 12.4. The van der Waals surface area contributed by atoms with Crippen molar-refractivity contribution in [2.45, 2.75) is 18.4 Å². The van der Waals surface area contributed by atoms with Crippen LogP contribution in [0.15, 0.2) is 41.7 Å². The van der Waals surface area contributed by atoms with E-state index < -0.39 is 0 Å². The van der Waals surface area contributed by atoms with E-state index in [1.165, 1.54) is 4.88 Å². The number of anilines is 1. The Morgan fingerprint density at radius 1 is 1.35 bits per heavy atom. The molecular weight excluding hydrogens is 350 g/mol. The highest BCUT2D eigenvalue weighted by Gasteiger charge is 2.09. The quantitative estimate of drug-likeness (QED) is 0.523. The number of thioether (sulfide) groups is 1. The van der Waals surface area contributed by atoms with Gasteiger partial charge in [-0.15, -0.1) is 23.1 Å². The Labute approximate surface area is 147 Å². The van der Waals surface area contributed by atoms with Crippen LogP contribution in [-0.4, -0.2) is 21.6 Å². The molecule has 4 nitrogen and oxygen atoms in total. The molecule has 0 fully saturated rings. The third-order valence-corrected chi connectivity index (χ3v) is 5.43. The van der Waals surface area contributed by atoms with Crippen LogP contribution in [0.2, 0.25) is 5.02 Å². The Bertz CT molecular complexity index is 850. The van der Waals surface area contributed by atoms with Gasteiger partial charge in [0.2, 0.25) is 5.91 Å². The third kappa shape index (κ3) is 4.02. The monoisotopic (exact) mass is 363 g/mol. The molecule has 0 saturated carbocycles. The molecule has 0 radical (unpaired) electrons. The molecule has 118 valence electrons. The van der Waals surface area contributed by atoms with Gasteiger partial charge in [0, 0.05) is 22.4 Å². The van der Waals surface area contributed by atoms with Gasteiger partial charge in [-0.05, 0) is 25.1 Å². The summed E-state index contributed by atoms with van der Waals surface area (Å²) in [5.41, 5.74) is 0.641. The highest BCUT2D eigenvalue weighted by molar-refractivity contribution is 7.99. The third-order valence-electron chi connectivity index (χ3n) is 3.13. The van der Waals surface area contributed by atoms with E-state index in [1.54, 1.807) is 41.6 Å². The van der Waals surface area contributed by atoms with Gasteiger partial charge in [0.25, 0.3) is 0 Å². The second-order valence-corrected chi connectivity index (χ2v) is 7.61. The first-order valence-corrected chi connectivity index (χ1v) is 9.20. The lowest BCUT2D eigenvalue weighted by molar-refractivity contribution is -0.115. The van der Waals surface area contributed by atoms with E-state index in [0.29, 0.717) is 22.9 Å². The van der Waals surface area contributed by atoms with Crippen molar-refractivity contribution in [2.24, 2.45) is 0 Å². The summed E-state index contributed by atoms with van der Waals surface area (Å²) in [5, 5.41) is 5.35. The molecular formula is C16H14ClN3OS2. The summed E-state index contributed by atoms with van der Waals surface area (Å²) < 4.78 is 0. The maximum absolute atomic E-state index is 12.0. The molecule has 0 bridgehead atoms. The van der Waals surface area contributed by atoms with Gasteiger partial charge in [0.05, 0.1) is 10.7 Å². The van der Waals surface area contributed by atoms with Crippen LogP contribution in [0.4, 0.5) is 5.69 Å². The van der Waals surface area contributed by atoms with Crippen LogP contribution in [0.5, 0.6) is 0 Å². The number of amides is 1. The summed E-state index contributed by atoms with van der Waals surface area (Å²) in [6.45, 7) is 2.05. The van der Waals surface area contributed by atoms with Crippen LogP contribution in [0.3, 0.4) is 0 Å². The number of nitrogens with zero attached hydrogens (tertiary/aromatic N) is 2. The lowest BCUT2D eigenvalue weighted by Crippen LogP contribution is -2.12. The second-order valence-electron chi connectivity index (χ2n) is 4.88. The number of fused-ring (bicyclic) bond motifs is 1. The van der Waals surface area contributed by atoms with E-state index in [2.05, 4.69) is 28.3 Å². The van der Waals surface area contributed by atoms with Crippen molar-refractivity contribution in [2.75, 3.05) is 11.1 Å². The summed E-state index contributed by atoms with van der Waals surface area (Å²) in [6.07, 6.45) is 1.97. The van der Waals surface area contributed by atoms with Crippen LogP contribution < -0.4 is 5.32 Å². The number of nitrogens with one attached hydrogen (secondary N) is 1. The smallest absolute Gasteiger partial charge is 0.225 e. The maximum Gasteiger partial charge on any atom is 0.225 e. The van der Waals surface area contributed by atoms with E-state index in [4.69, 9.17) is 11.6 Å². The van der Waals surface area contributed by atoms with Gasteiger partial charge in [-0.2, -0.15) is 0 Å². The zero-order valence-corrected chi connectivity index (χ0v) is 14.8. The minimum Gasteiger partial charge on any atom is -0.325 e. The van der Waals surface area contributed by atoms with Gasteiger partial charge in [0.1, 0.15) is 16.2 Å². The minimum atomic E-state index is -0.0580. The Balaban J connectivity index is 1.58. The molecule has 1 amide bonds. The molecule has 0 aliphatic rings. The van der Waals surface area contributed by atoms with Gasteiger partial charge in [0.15, 0.2) is 0 Å². The molecule has 0 aliphatic heterocycles. The Morgan fingerprint density at radius 3 is 3.00 bits per heavy atom. The van der Waals surface area contributed by atoms with Crippen molar-refractivity contribution in [3.05, 3.63) is 46.6 Å². The number of rotatable bonds is 5. The Kier molecular flexibility index (Phi) is 5.15. The van der Waals surface area contributed by atoms with Crippen molar-refractivity contribution < 1.29 is 4.79 Å². The first kappa shape index (κ1) is 16.2. The summed E-state index contributed by atoms with van der Waals surface area (Å²) in [4.78, 5) is 22.8. The molecule has 0 saturated heterocycles. The van der Waals surface area contributed by atoms with E-state index in [1.807, 2.05) is 12.1 Å². The van der Waals surface area contributed by atoms with Crippen molar-refractivity contribution in [3.8, 4) is 0 Å². The SMILES string of the molecule is Cc1cc2c(SCCC(=O)Nc3ccccc3Cl)ncnc2s1. The average molecular weight is 364 g/mol. The number of halogens is 1. The number of benzene rings is 1. The summed E-state index contributed by atoms with van der Waals surface area (Å²) in [6, 6.07) is 9.30. The van der Waals surface area contributed by atoms with E-state index in [-0.39, 0.29) is 5.91 Å². The molecule has 0 unspecified atom stereocenters. The Morgan fingerprint density at radius 2 is 2.17 bits per heavy atom. The molecule has 7 heteroatoms. The first-order chi connectivity index (χ1) is 11.1. The molecule has 0 aliphatic carbocycles. The van der Waals surface area contributed by atoms with Crippen molar-refractivity contribution >= 4 is 56.5 Å². The average Bonchev–Trinajstić information content (AvgIpc) is 2.91. The van der Waals surface area contributed by atoms with Crippen molar-refractivity contribution in [3.63, 3.8) is 0 Å².